The molecule has 0 radical (unpaired) electrons. The molecule has 1 N–H and O–H groups in total. The Hall–Kier alpha value is -0.380. The highest BCUT2D eigenvalue weighted by molar-refractivity contribution is 9.09. The van der Waals surface area contributed by atoms with E-state index in [0.717, 1.165) is 26.1 Å². The smallest absolute Gasteiger partial charge is 0.0470 e. The zero-order valence-electron chi connectivity index (χ0n) is 9.35. The van der Waals surface area contributed by atoms with Gasteiger partial charge >= 0.3 is 0 Å². The lowest BCUT2D eigenvalue weighted by Crippen LogP contribution is -2.41. The van der Waals surface area contributed by atoms with Gasteiger partial charge in [-0.3, -0.25) is 4.90 Å². The minimum Gasteiger partial charge on any atom is -0.396 e. The third-order valence-corrected chi connectivity index (χ3v) is 4.28. The minimum atomic E-state index is 0.301. The van der Waals surface area contributed by atoms with Gasteiger partial charge in [-0.05, 0) is 24.4 Å². The van der Waals surface area contributed by atoms with Crippen LogP contribution in [0.3, 0.4) is 0 Å². The predicted octanol–water partition coefficient (Wildman–Crippen LogP) is 2.26. The number of piperidine rings is 1. The Bertz CT molecular complexity index is 317. The summed E-state index contributed by atoms with van der Waals surface area (Å²) in [5.41, 5.74) is 1.37. The van der Waals surface area contributed by atoms with Crippen LogP contribution < -0.4 is 0 Å². The number of hydrogen-bond donors (Lipinski definition) is 1. The third-order valence-electron chi connectivity index (χ3n) is 3.24. The zero-order valence-corrected chi connectivity index (χ0v) is 10.9. The predicted molar refractivity (Wildman–Crippen MR) is 69.6 cm³/mol. The minimum absolute atomic E-state index is 0.301. The highest BCUT2D eigenvalue weighted by Crippen LogP contribution is 2.24. The second-order valence-electron chi connectivity index (χ2n) is 4.47. The van der Waals surface area contributed by atoms with E-state index in [2.05, 4.69) is 51.2 Å². The van der Waals surface area contributed by atoms with E-state index >= 15 is 0 Å². The van der Waals surface area contributed by atoms with Gasteiger partial charge < -0.3 is 5.11 Å². The molecule has 16 heavy (non-hydrogen) atoms. The molecule has 0 aromatic heterocycles. The molecule has 1 aromatic rings. The maximum Gasteiger partial charge on any atom is 0.0470 e. The van der Waals surface area contributed by atoms with Gasteiger partial charge in [0.1, 0.15) is 0 Å². The fourth-order valence-electron chi connectivity index (χ4n) is 2.21. The molecule has 3 heteroatoms. The van der Waals surface area contributed by atoms with Crippen molar-refractivity contribution in [2.24, 2.45) is 5.92 Å². The molecule has 1 aliphatic heterocycles. The highest BCUT2D eigenvalue weighted by Gasteiger charge is 2.26. The lowest BCUT2D eigenvalue weighted by Gasteiger charge is -2.35. The van der Waals surface area contributed by atoms with Crippen LogP contribution in [-0.4, -0.2) is 34.5 Å². The molecule has 1 fully saturated rings. The van der Waals surface area contributed by atoms with Crippen molar-refractivity contribution in [3.8, 4) is 0 Å². The number of halogens is 1. The van der Waals surface area contributed by atoms with Gasteiger partial charge in [-0.15, -0.1) is 0 Å². The van der Waals surface area contributed by atoms with Gasteiger partial charge in [0.15, 0.2) is 0 Å². The highest BCUT2D eigenvalue weighted by atomic mass is 79.9. The van der Waals surface area contributed by atoms with E-state index in [4.69, 9.17) is 0 Å². The van der Waals surface area contributed by atoms with Crippen LogP contribution in [0, 0.1) is 5.92 Å². The van der Waals surface area contributed by atoms with E-state index in [1.165, 1.54) is 5.56 Å². The van der Waals surface area contributed by atoms with Gasteiger partial charge in [0.05, 0.1) is 0 Å². The van der Waals surface area contributed by atoms with Gasteiger partial charge in [-0.2, -0.15) is 0 Å². The van der Waals surface area contributed by atoms with Crippen molar-refractivity contribution >= 4 is 15.9 Å². The summed E-state index contributed by atoms with van der Waals surface area (Å²) in [4.78, 5) is 2.87. The summed E-state index contributed by atoms with van der Waals surface area (Å²) in [5.74, 6) is 0.423. The normalized spacial score (nSPS) is 26.9. The van der Waals surface area contributed by atoms with Crippen molar-refractivity contribution < 1.29 is 5.11 Å². The summed E-state index contributed by atoms with van der Waals surface area (Å²) < 4.78 is 0. The van der Waals surface area contributed by atoms with Crippen LogP contribution in [0.5, 0.6) is 0 Å². The van der Waals surface area contributed by atoms with Crippen molar-refractivity contribution in [3.05, 3.63) is 35.9 Å². The Morgan fingerprint density at radius 1 is 1.31 bits per heavy atom. The lowest BCUT2D eigenvalue weighted by molar-refractivity contribution is 0.135. The van der Waals surface area contributed by atoms with Gasteiger partial charge in [0.25, 0.3) is 0 Å². The first-order valence-electron chi connectivity index (χ1n) is 5.81. The molecule has 2 rings (SSSR count). The molecular formula is C13H18BrNO. The molecule has 1 aromatic carbocycles. The van der Waals surface area contributed by atoms with Crippen LogP contribution in [0.4, 0.5) is 0 Å². The molecule has 1 heterocycles. The van der Waals surface area contributed by atoms with Crippen molar-refractivity contribution in [3.63, 3.8) is 0 Å². The van der Waals surface area contributed by atoms with Crippen LogP contribution >= 0.6 is 15.9 Å². The van der Waals surface area contributed by atoms with Crippen LogP contribution in [0.2, 0.25) is 0 Å². The van der Waals surface area contributed by atoms with Crippen LogP contribution in [0.15, 0.2) is 30.3 Å². The van der Waals surface area contributed by atoms with Crippen molar-refractivity contribution in [2.75, 3.05) is 19.7 Å². The monoisotopic (exact) mass is 283 g/mol. The van der Waals surface area contributed by atoms with Gasteiger partial charge in [-0.25, -0.2) is 0 Å². The molecule has 0 bridgehead atoms. The molecule has 1 saturated heterocycles. The van der Waals surface area contributed by atoms with Crippen molar-refractivity contribution in [1.29, 1.82) is 0 Å². The second kappa shape index (κ2) is 5.80. The summed E-state index contributed by atoms with van der Waals surface area (Å²) in [6.45, 7) is 3.43. The van der Waals surface area contributed by atoms with Gasteiger partial charge in [-0.1, -0.05) is 46.3 Å². The molecule has 0 saturated carbocycles. The fraction of sp³-hybridized carbons (Fsp3) is 0.538. The third kappa shape index (κ3) is 3.06. The largest absolute Gasteiger partial charge is 0.396 e. The number of rotatable bonds is 3. The van der Waals surface area contributed by atoms with E-state index in [0.29, 0.717) is 17.4 Å². The van der Waals surface area contributed by atoms with E-state index < -0.39 is 0 Å². The topological polar surface area (TPSA) is 23.5 Å². The van der Waals surface area contributed by atoms with Gasteiger partial charge in [0.2, 0.25) is 0 Å². The summed E-state index contributed by atoms with van der Waals surface area (Å²) in [6, 6.07) is 10.6. The quantitative estimate of drug-likeness (QED) is 0.861. The van der Waals surface area contributed by atoms with Crippen molar-refractivity contribution in [1.82, 2.24) is 4.90 Å². The first kappa shape index (κ1) is 12.1. The van der Waals surface area contributed by atoms with E-state index in [1.54, 1.807) is 0 Å². The molecule has 2 nitrogen and oxygen atoms in total. The number of benzene rings is 1. The molecule has 88 valence electrons. The Balaban J connectivity index is 1.89. The maximum atomic E-state index is 9.19. The number of aliphatic hydroxyl groups is 1. The van der Waals surface area contributed by atoms with Crippen LogP contribution in [0.1, 0.15) is 12.0 Å². The van der Waals surface area contributed by atoms with Gasteiger partial charge in [0, 0.05) is 24.5 Å². The molecule has 0 aliphatic carbocycles. The van der Waals surface area contributed by atoms with E-state index in [9.17, 15) is 5.11 Å². The van der Waals surface area contributed by atoms with Crippen molar-refractivity contribution in [2.45, 2.75) is 17.8 Å². The second-order valence-corrected chi connectivity index (χ2v) is 5.64. The average molecular weight is 284 g/mol. The number of alkyl halides is 1. The number of nitrogens with zero attached hydrogens (tertiary/aromatic N) is 1. The van der Waals surface area contributed by atoms with E-state index in [-0.39, 0.29) is 0 Å². The molecular weight excluding hydrogens is 266 g/mol. The molecule has 0 spiro atoms. The summed E-state index contributed by atoms with van der Waals surface area (Å²) >= 11 is 3.67. The summed E-state index contributed by atoms with van der Waals surface area (Å²) in [7, 11) is 0. The number of likely N-dealkylation sites (tertiary alicyclic amines) is 1. The maximum absolute atomic E-state index is 9.19. The Kier molecular flexibility index (Phi) is 4.38. The summed E-state index contributed by atoms with van der Waals surface area (Å²) in [6.07, 6.45) is 1.08. The molecule has 2 atom stereocenters. The molecule has 0 amide bonds. The Morgan fingerprint density at radius 3 is 2.69 bits per heavy atom. The van der Waals surface area contributed by atoms with Crippen LogP contribution in [0.25, 0.3) is 0 Å². The first-order chi connectivity index (χ1) is 7.79. The molecule has 0 unspecified atom stereocenters. The first-order valence-corrected chi connectivity index (χ1v) is 6.72. The van der Waals surface area contributed by atoms with E-state index in [1.807, 2.05) is 0 Å². The average Bonchev–Trinajstić information content (AvgIpc) is 2.31. The van der Waals surface area contributed by atoms with Crippen LogP contribution in [-0.2, 0) is 6.54 Å². The SMILES string of the molecule is OC[C@@H]1CCN(Cc2ccccc2)C[C@@H]1Br. The number of aliphatic hydroxyl groups excluding tert-OH is 1. The number of hydrogen-bond acceptors (Lipinski definition) is 2. The Morgan fingerprint density at radius 2 is 2.06 bits per heavy atom. The zero-order chi connectivity index (χ0) is 11.4. The Labute approximate surface area is 105 Å². The molecule has 1 aliphatic rings. The standard InChI is InChI=1S/C13H18BrNO/c14-13-9-15(7-6-12(13)10-16)8-11-4-2-1-3-5-11/h1-5,12-13,16H,6-10H2/t12-,13-/m0/s1. The summed E-state index contributed by atoms with van der Waals surface area (Å²) in [5, 5.41) is 9.19. The fourth-order valence-corrected chi connectivity index (χ4v) is 3.05. The lowest BCUT2D eigenvalue weighted by atomic mass is 9.97.